The van der Waals surface area contributed by atoms with Gasteiger partial charge >= 0.3 is 0 Å². The Morgan fingerprint density at radius 1 is 0.854 bits per heavy atom. The zero-order chi connectivity index (χ0) is 28.1. The van der Waals surface area contributed by atoms with Gasteiger partial charge in [0.25, 0.3) is 5.56 Å². The second-order valence-corrected chi connectivity index (χ2v) is 9.96. The second kappa shape index (κ2) is 9.64. The summed E-state index contributed by atoms with van der Waals surface area (Å²) in [6.45, 7) is 4.13. The van der Waals surface area contributed by atoms with E-state index in [2.05, 4.69) is 60.9 Å². The highest BCUT2D eigenvalue weighted by Crippen LogP contribution is 2.33. The van der Waals surface area contributed by atoms with E-state index in [0.29, 0.717) is 33.8 Å². The molecular formula is C34H26N4O3. The topological polar surface area (TPSA) is 74.6 Å². The summed E-state index contributed by atoms with van der Waals surface area (Å²) in [7, 11) is 1.62. The maximum atomic E-state index is 13.7. The van der Waals surface area contributed by atoms with Crippen molar-refractivity contribution in [1.29, 1.82) is 0 Å². The molecule has 0 N–H and O–H groups in total. The second-order valence-electron chi connectivity index (χ2n) is 9.96. The van der Waals surface area contributed by atoms with E-state index in [4.69, 9.17) is 19.2 Å². The molecule has 7 nitrogen and oxygen atoms in total. The maximum Gasteiger partial charge on any atom is 0.282 e. The van der Waals surface area contributed by atoms with E-state index in [9.17, 15) is 4.79 Å². The molecule has 3 aromatic heterocycles. The summed E-state index contributed by atoms with van der Waals surface area (Å²) in [6.07, 6.45) is 1.72. The standard InChI is InChI=1S/C34H26N4O3/c1-21-18-24(22(2)37(21)29-15-8-11-23-10-4-5-12-25(23)29)20-35-38-33(36-28-14-7-6-13-26(28)34(38)39)32-19-27-30(40-3)16-9-17-31(27)41-32/h4-20H,1-3H3. The Balaban J connectivity index is 1.40. The quantitative estimate of drug-likeness (QED) is 0.216. The fourth-order valence-corrected chi connectivity index (χ4v) is 5.52. The molecule has 7 rings (SSSR count). The number of nitrogens with zero attached hydrogens (tertiary/aromatic N) is 4. The highest BCUT2D eigenvalue weighted by atomic mass is 16.5. The van der Waals surface area contributed by atoms with Crippen LogP contribution in [0.4, 0.5) is 0 Å². The minimum atomic E-state index is -0.280. The minimum Gasteiger partial charge on any atom is -0.496 e. The number of methoxy groups -OCH3 is 1. The molecule has 4 aromatic carbocycles. The SMILES string of the molecule is COc1cccc2oc(-c3nc4ccccc4c(=O)n3N=Cc3cc(C)n(-c4cccc5ccccc45)c3C)cc12. The molecule has 0 aliphatic carbocycles. The van der Waals surface area contributed by atoms with E-state index in [0.717, 1.165) is 33.4 Å². The fraction of sp³-hybridized carbons (Fsp3) is 0.0882. The normalized spacial score (nSPS) is 11.8. The molecule has 7 aromatic rings. The van der Waals surface area contributed by atoms with Crippen LogP contribution in [0.3, 0.4) is 0 Å². The average Bonchev–Trinajstić information content (AvgIpc) is 3.56. The molecule has 0 saturated heterocycles. The Labute approximate surface area is 235 Å². The van der Waals surface area contributed by atoms with Gasteiger partial charge in [0, 0.05) is 22.3 Å². The molecule has 0 amide bonds. The lowest BCUT2D eigenvalue weighted by Gasteiger charge is -2.13. The lowest BCUT2D eigenvalue weighted by molar-refractivity contribution is 0.419. The zero-order valence-electron chi connectivity index (χ0n) is 22.8. The van der Waals surface area contributed by atoms with E-state index in [1.165, 1.54) is 10.1 Å². The van der Waals surface area contributed by atoms with Crippen molar-refractivity contribution in [1.82, 2.24) is 14.2 Å². The largest absolute Gasteiger partial charge is 0.496 e. The number of benzene rings is 4. The third kappa shape index (κ3) is 4.02. The summed E-state index contributed by atoms with van der Waals surface area (Å²) in [6, 6.07) is 31.4. The van der Waals surface area contributed by atoms with Gasteiger partial charge in [-0.05, 0) is 61.7 Å². The first-order valence-electron chi connectivity index (χ1n) is 13.3. The van der Waals surface area contributed by atoms with E-state index in [1.807, 2.05) is 48.5 Å². The molecule has 0 radical (unpaired) electrons. The van der Waals surface area contributed by atoms with Crippen molar-refractivity contribution < 1.29 is 9.15 Å². The molecule has 200 valence electrons. The van der Waals surface area contributed by atoms with Gasteiger partial charge in [0.15, 0.2) is 5.76 Å². The Hall–Kier alpha value is -5.43. The number of hydrogen-bond donors (Lipinski definition) is 0. The lowest BCUT2D eigenvalue weighted by atomic mass is 10.1. The van der Waals surface area contributed by atoms with Crippen LogP contribution in [0, 0.1) is 13.8 Å². The number of rotatable bonds is 5. The van der Waals surface area contributed by atoms with Crippen LogP contribution in [-0.2, 0) is 0 Å². The van der Waals surface area contributed by atoms with Crippen LogP contribution in [0.5, 0.6) is 5.75 Å². The summed E-state index contributed by atoms with van der Waals surface area (Å²) < 4.78 is 15.2. The molecule has 0 aliphatic heterocycles. The molecular weight excluding hydrogens is 512 g/mol. The summed E-state index contributed by atoms with van der Waals surface area (Å²) in [5.41, 5.74) is 4.99. The first-order valence-corrected chi connectivity index (χ1v) is 13.3. The van der Waals surface area contributed by atoms with Crippen molar-refractivity contribution in [2.45, 2.75) is 13.8 Å². The molecule has 0 aliphatic rings. The highest BCUT2D eigenvalue weighted by Gasteiger charge is 2.18. The summed E-state index contributed by atoms with van der Waals surface area (Å²) in [5.74, 6) is 1.41. The van der Waals surface area contributed by atoms with Gasteiger partial charge in [-0.1, -0.05) is 54.6 Å². The number of para-hydroxylation sites is 1. The Bertz CT molecular complexity index is 2190. The van der Waals surface area contributed by atoms with Crippen molar-refractivity contribution >= 4 is 38.9 Å². The summed E-state index contributed by atoms with van der Waals surface area (Å²) in [5, 5.41) is 8.31. The van der Waals surface area contributed by atoms with Gasteiger partial charge in [0.05, 0.1) is 35.3 Å². The van der Waals surface area contributed by atoms with Gasteiger partial charge in [0.1, 0.15) is 11.3 Å². The molecule has 41 heavy (non-hydrogen) atoms. The molecule has 0 spiro atoms. The Kier molecular flexibility index (Phi) is 5.78. The molecule has 0 fully saturated rings. The predicted octanol–water partition coefficient (Wildman–Crippen LogP) is 7.26. The molecule has 0 bridgehead atoms. The van der Waals surface area contributed by atoms with Gasteiger partial charge in [-0.3, -0.25) is 4.79 Å². The Morgan fingerprint density at radius 2 is 1.61 bits per heavy atom. The van der Waals surface area contributed by atoms with Crippen LogP contribution in [-0.4, -0.2) is 27.6 Å². The average molecular weight is 539 g/mol. The van der Waals surface area contributed by atoms with E-state index < -0.39 is 0 Å². The molecule has 0 unspecified atom stereocenters. The number of aryl methyl sites for hydroxylation is 1. The van der Waals surface area contributed by atoms with Crippen LogP contribution in [0.1, 0.15) is 17.0 Å². The number of hydrogen-bond acceptors (Lipinski definition) is 5. The van der Waals surface area contributed by atoms with Crippen LogP contribution >= 0.6 is 0 Å². The van der Waals surface area contributed by atoms with Crippen LogP contribution in [0.2, 0.25) is 0 Å². The van der Waals surface area contributed by atoms with Crippen molar-refractivity contribution in [3.05, 3.63) is 124 Å². The van der Waals surface area contributed by atoms with Gasteiger partial charge in [-0.25, -0.2) is 4.98 Å². The van der Waals surface area contributed by atoms with E-state index in [-0.39, 0.29) is 5.56 Å². The third-order valence-electron chi connectivity index (χ3n) is 7.51. The number of furan rings is 1. The first kappa shape index (κ1) is 24.6. The summed E-state index contributed by atoms with van der Waals surface area (Å²) >= 11 is 0. The monoisotopic (exact) mass is 538 g/mol. The number of fused-ring (bicyclic) bond motifs is 3. The highest BCUT2D eigenvalue weighted by molar-refractivity contribution is 5.92. The fourth-order valence-electron chi connectivity index (χ4n) is 5.52. The molecule has 3 heterocycles. The van der Waals surface area contributed by atoms with E-state index >= 15 is 0 Å². The molecule has 0 saturated carbocycles. The Morgan fingerprint density at radius 3 is 2.46 bits per heavy atom. The maximum absolute atomic E-state index is 13.7. The van der Waals surface area contributed by atoms with E-state index in [1.54, 1.807) is 19.4 Å². The third-order valence-corrected chi connectivity index (χ3v) is 7.51. The van der Waals surface area contributed by atoms with Crippen LogP contribution < -0.4 is 10.3 Å². The number of aromatic nitrogens is 3. The first-order chi connectivity index (χ1) is 20.0. The number of ether oxygens (including phenoxy) is 1. The van der Waals surface area contributed by atoms with Gasteiger partial charge in [0.2, 0.25) is 5.82 Å². The van der Waals surface area contributed by atoms with Crippen molar-refractivity contribution in [2.24, 2.45) is 5.10 Å². The predicted molar refractivity (Wildman–Crippen MR) is 164 cm³/mol. The molecule has 0 atom stereocenters. The van der Waals surface area contributed by atoms with Gasteiger partial charge < -0.3 is 13.7 Å². The van der Waals surface area contributed by atoms with Gasteiger partial charge in [-0.15, -0.1) is 0 Å². The van der Waals surface area contributed by atoms with Crippen molar-refractivity contribution in [3.63, 3.8) is 0 Å². The lowest BCUT2D eigenvalue weighted by Crippen LogP contribution is -2.20. The van der Waals surface area contributed by atoms with Crippen LogP contribution in [0.25, 0.3) is 49.9 Å². The van der Waals surface area contributed by atoms with Crippen molar-refractivity contribution in [2.75, 3.05) is 7.11 Å². The van der Waals surface area contributed by atoms with Gasteiger partial charge in [-0.2, -0.15) is 9.78 Å². The summed E-state index contributed by atoms with van der Waals surface area (Å²) in [4.78, 5) is 18.6. The zero-order valence-corrected chi connectivity index (χ0v) is 22.8. The van der Waals surface area contributed by atoms with Crippen molar-refractivity contribution in [3.8, 4) is 23.0 Å². The molecule has 7 heteroatoms. The minimum absolute atomic E-state index is 0.280. The smallest absolute Gasteiger partial charge is 0.282 e. The van der Waals surface area contributed by atoms with Crippen LogP contribution in [0.15, 0.2) is 111 Å².